The summed E-state index contributed by atoms with van der Waals surface area (Å²) < 4.78 is 5.41. The van der Waals surface area contributed by atoms with Gasteiger partial charge in [-0.1, -0.05) is 18.6 Å². The van der Waals surface area contributed by atoms with Crippen LogP contribution in [0.15, 0.2) is 11.6 Å². The maximum Gasteiger partial charge on any atom is 0.303 e. The maximum absolute atomic E-state index is 11.0. The first-order chi connectivity index (χ1) is 6.83. The van der Waals surface area contributed by atoms with Gasteiger partial charge < -0.3 is 4.74 Å². The second-order valence-corrected chi connectivity index (χ2v) is 5.21. The third-order valence-corrected chi connectivity index (χ3v) is 3.33. The van der Waals surface area contributed by atoms with Gasteiger partial charge in [0.2, 0.25) is 0 Å². The second kappa shape index (κ2) is 4.38. The minimum atomic E-state index is -0.345. The Labute approximate surface area is 92.7 Å². The van der Waals surface area contributed by atoms with E-state index in [0.29, 0.717) is 11.8 Å². The summed E-state index contributed by atoms with van der Waals surface area (Å²) in [5, 5.41) is 0. The van der Waals surface area contributed by atoms with Crippen LogP contribution in [0.1, 0.15) is 47.5 Å². The summed E-state index contributed by atoms with van der Waals surface area (Å²) in [6.07, 6.45) is 4.54. The fourth-order valence-corrected chi connectivity index (χ4v) is 2.72. The van der Waals surface area contributed by atoms with Gasteiger partial charge in [0, 0.05) is 12.8 Å². The number of carbonyl (C=O) groups is 1. The molecule has 0 fully saturated rings. The van der Waals surface area contributed by atoms with Crippen molar-refractivity contribution in [2.24, 2.45) is 11.8 Å². The lowest BCUT2D eigenvalue weighted by molar-refractivity contribution is -0.160. The molecule has 0 saturated heterocycles. The van der Waals surface area contributed by atoms with Crippen molar-refractivity contribution in [1.82, 2.24) is 0 Å². The van der Waals surface area contributed by atoms with Crippen LogP contribution < -0.4 is 0 Å². The molecule has 0 unspecified atom stereocenters. The molecule has 0 N–H and O–H groups in total. The van der Waals surface area contributed by atoms with Crippen LogP contribution in [0, 0.1) is 11.8 Å². The number of ether oxygens (including phenoxy) is 1. The summed E-state index contributed by atoms with van der Waals surface area (Å²) in [7, 11) is 0. The Balaban J connectivity index is 2.75. The summed E-state index contributed by atoms with van der Waals surface area (Å²) in [4.78, 5) is 11.0. The van der Waals surface area contributed by atoms with E-state index in [-0.39, 0.29) is 11.6 Å². The highest BCUT2D eigenvalue weighted by molar-refractivity contribution is 5.66. The predicted molar refractivity (Wildman–Crippen MR) is 61.5 cm³/mol. The monoisotopic (exact) mass is 210 g/mol. The summed E-state index contributed by atoms with van der Waals surface area (Å²) in [5.74, 6) is 0.747. The van der Waals surface area contributed by atoms with Gasteiger partial charge in [0.25, 0.3) is 0 Å². The molecule has 15 heavy (non-hydrogen) atoms. The molecule has 0 heterocycles. The van der Waals surface area contributed by atoms with Crippen molar-refractivity contribution in [3.05, 3.63) is 11.6 Å². The Morgan fingerprint density at radius 2 is 2.13 bits per heavy atom. The molecule has 1 aliphatic rings. The highest BCUT2D eigenvalue weighted by atomic mass is 16.6. The average Bonchev–Trinajstić information content (AvgIpc) is 1.99. The number of allylic oxidation sites excluding steroid dienone is 2. The zero-order valence-corrected chi connectivity index (χ0v) is 10.5. The Bertz CT molecular complexity index is 276. The Morgan fingerprint density at radius 1 is 1.53 bits per heavy atom. The van der Waals surface area contributed by atoms with E-state index in [4.69, 9.17) is 4.74 Å². The molecule has 0 aromatic rings. The zero-order chi connectivity index (χ0) is 11.6. The van der Waals surface area contributed by atoms with Gasteiger partial charge in [-0.2, -0.15) is 0 Å². The van der Waals surface area contributed by atoms with E-state index >= 15 is 0 Å². The molecule has 0 aliphatic heterocycles. The van der Waals surface area contributed by atoms with Gasteiger partial charge in [0.05, 0.1) is 0 Å². The normalized spacial score (nSPS) is 27.1. The number of hydrogen-bond donors (Lipinski definition) is 0. The SMILES string of the molecule is CC(=O)OC(C)(C)[C@@H]1CCC(C)=C[C@@H]1C. The van der Waals surface area contributed by atoms with Gasteiger partial charge in [-0.3, -0.25) is 4.79 Å². The predicted octanol–water partition coefficient (Wildman–Crippen LogP) is 3.32. The lowest BCUT2D eigenvalue weighted by Gasteiger charge is -2.39. The second-order valence-electron chi connectivity index (χ2n) is 5.21. The molecular weight excluding hydrogens is 188 g/mol. The minimum Gasteiger partial charge on any atom is -0.460 e. The van der Waals surface area contributed by atoms with Crippen LogP contribution in [0.2, 0.25) is 0 Å². The third-order valence-electron chi connectivity index (χ3n) is 3.33. The maximum atomic E-state index is 11.0. The fraction of sp³-hybridized carbons (Fsp3) is 0.769. The van der Waals surface area contributed by atoms with Gasteiger partial charge in [-0.25, -0.2) is 0 Å². The Morgan fingerprint density at radius 3 is 2.60 bits per heavy atom. The van der Waals surface area contributed by atoms with E-state index in [1.807, 2.05) is 13.8 Å². The molecular formula is C13H22O2. The molecule has 2 atom stereocenters. The number of hydrogen-bond acceptors (Lipinski definition) is 2. The van der Waals surface area contributed by atoms with Gasteiger partial charge in [0.15, 0.2) is 0 Å². The molecule has 1 rings (SSSR count). The third kappa shape index (κ3) is 3.08. The molecule has 1 aliphatic carbocycles. The molecule has 2 heteroatoms. The Kier molecular flexibility index (Phi) is 3.58. The standard InChI is InChI=1S/C13H22O2/c1-9-6-7-12(10(2)8-9)13(4,5)15-11(3)14/h8,10,12H,6-7H2,1-5H3/t10-,12+/m0/s1. The largest absolute Gasteiger partial charge is 0.460 e. The van der Waals surface area contributed by atoms with Gasteiger partial charge >= 0.3 is 5.97 Å². The van der Waals surface area contributed by atoms with E-state index in [9.17, 15) is 4.79 Å². The lowest BCUT2D eigenvalue weighted by atomic mass is 9.73. The molecule has 86 valence electrons. The molecule has 0 bridgehead atoms. The van der Waals surface area contributed by atoms with Gasteiger partial charge in [-0.05, 0) is 39.5 Å². The fourth-order valence-electron chi connectivity index (χ4n) is 2.72. The molecule has 0 aromatic heterocycles. The molecule has 0 saturated carbocycles. The topological polar surface area (TPSA) is 26.3 Å². The summed E-state index contributed by atoms with van der Waals surface area (Å²) in [6.45, 7) is 9.90. The van der Waals surface area contributed by atoms with Crippen LogP contribution in [0.3, 0.4) is 0 Å². The van der Waals surface area contributed by atoms with Crippen LogP contribution in [0.5, 0.6) is 0 Å². The van der Waals surface area contributed by atoms with Gasteiger partial charge in [0.1, 0.15) is 5.60 Å². The smallest absolute Gasteiger partial charge is 0.303 e. The van der Waals surface area contributed by atoms with Crippen LogP contribution in [-0.2, 0) is 9.53 Å². The van der Waals surface area contributed by atoms with Crippen molar-refractivity contribution >= 4 is 5.97 Å². The highest BCUT2D eigenvalue weighted by Crippen LogP contribution is 2.37. The summed E-state index contributed by atoms with van der Waals surface area (Å²) in [6, 6.07) is 0. The van der Waals surface area contributed by atoms with E-state index in [1.54, 1.807) is 0 Å². The summed E-state index contributed by atoms with van der Waals surface area (Å²) >= 11 is 0. The first-order valence-corrected chi connectivity index (χ1v) is 5.70. The highest BCUT2D eigenvalue weighted by Gasteiger charge is 2.36. The number of rotatable bonds is 2. The van der Waals surface area contributed by atoms with Crippen molar-refractivity contribution in [2.75, 3.05) is 0 Å². The number of esters is 1. The van der Waals surface area contributed by atoms with E-state index < -0.39 is 0 Å². The van der Waals surface area contributed by atoms with E-state index in [2.05, 4.69) is 19.9 Å². The molecule has 0 aromatic carbocycles. The van der Waals surface area contributed by atoms with E-state index in [0.717, 1.165) is 12.8 Å². The quantitative estimate of drug-likeness (QED) is 0.516. The van der Waals surface area contributed by atoms with E-state index in [1.165, 1.54) is 12.5 Å². The molecule has 0 amide bonds. The van der Waals surface area contributed by atoms with Crippen LogP contribution in [0.25, 0.3) is 0 Å². The zero-order valence-electron chi connectivity index (χ0n) is 10.5. The van der Waals surface area contributed by atoms with Crippen molar-refractivity contribution in [1.29, 1.82) is 0 Å². The molecule has 0 spiro atoms. The first-order valence-electron chi connectivity index (χ1n) is 5.70. The van der Waals surface area contributed by atoms with Crippen molar-refractivity contribution < 1.29 is 9.53 Å². The van der Waals surface area contributed by atoms with Crippen molar-refractivity contribution in [3.63, 3.8) is 0 Å². The Hall–Kier alpha value is -0.790. The van der Waals surface area contributed by atoms with Crippen LogP contribution >= 0.6 is 0 Å². The molecule has 2 nitrogen and oxygen atoms in total. The molecule has 0 radical (unpaired) electrons. The van der Waals surface area contributed by atoms with Crippen LogP contribution in [0.4, 0.5) is 0 Å². The minimum absolute atomic E-state index is 0.182. The van der Waals surface area contributed by atoms with Crippen LogP contribution in [-0.4, -0.2) is 11.6 Å². The first kappa shape index (κ1) is 12.3. The van der Waals surface area contributed by atoms with Crippen molar-refractivity contribution in [3.8, 4) is 0 Å². The lowest BCUT2D eigenvalue weighted by Crippen LogP contribution is -2.40. The van der Waals surface area contributed by atoms with Gasteiger partial charge in [-0.15, -0.1) is 0 Å². The number of carbonyl (C=O) groups excluding carboxylic acids is 1. The average molecular weight is 210 g/mol. The summed E-state index contributed by atoms with van der Waals surface area (Å²) in [5.41, 5.74) is 1.11. The van der Waals surface area contributed by atoms with Crippen molar-refractivity contribution in [2.45, 2.75) is 53.1 Å².